The third-order valence-electron chi connectivity index (χ3n) is 2.37. The molecule has 0 atom stereocenters. The fourth-order valence-electron chi connectivity index (χ4n) is 1.39. The second-order valence-electron chi connectivity index (χ2n) is 4.71. The van der Waals surface area contributed by atoms with Crippen molar-refractivity contribution in [3.05, 3.63) is 30.3 Å². The van der Waals surface area contributed by atoms with E-state index in [1.54, 1.807) is 0 Å². The van der Waals surface area contributed by atoms with Crippen LogP contribution in [0.4, 0.5) is 5.69 Å². The number of nitrogens with one attached hydrogen (secondary N) is 2. The number of aliphatic imine (C=N–C) groups is 1. The van der Waals surface area contributed by atoms with E-state index in [2.05, 4.69) is 29.5 Å². The lowest BCUT2D eigenvalue weighted by Crippen LogP contribution is -2.28. The Morgan fingerprint density at radius 3 is 2.63 bits per heavy atom. The first kappa shape index (κ1) is 15.0. The van der Waals surface area contributed by atoms with E-state index in [1.165, 1.54) is 0 Å². The number of rotatable bonds is 6. The van der Waals surface area contributed by atoms with Gasteiger partial charge in [-0.25, -0.2) is 0 Å². The number of benzene rings is 1. The normalized spacial score (nSPS) is 11.4. The summed E-state index contributed by atoms with van der Waals surface area (Å²) in [6, 6.07) is 9.55. The fraction of sp³-hybridized carbons (Fsp3) is 0.429. The van der Waals surface area contributed by atoms with Gasteiger partial charge in [0.1, 0.15) is 0 Å². The topological polar surface area (TPSA) is 79.5 Å². The quantitative estimate of drug-likeness (QED) is 0.538. The molecule has 1 rings (SSSR count). The van der Waals surface area contributed by atoms with Gasteiger partial charge in [0.25, 0.3) is 0 Å². The fourth-order valence-corrected chi connectivity index (χ4v) is 1.39. The Balaban J connectivity index is 2.26. The minimum absolute atomic E-state index is 0.00459. The Morgan fingerprint density at radius 1 is 1.32 bits per heavy atom. The maximum atomic E-state index is 11.4. The maximum Gasteiger partial charge on any atom is 0.221 e. The smallest absolute Gasteiger partial charge is 0.221 e. The zero-order valence-electron chi connectivity index (χ0n) is 11.5. The Hall–Kier alpha value is -2.04. The summed E-state index contributed by atoms with van der Waals surface area (Å²) in [7, 11) is 0. The van der Waals surface area contributed by atoms with E-state index in [0.29, 0.717) is 31.4 Å². The average Bonchev–Trinajstić information content (AvgIpc) is 2.37. The summed E-state index contributed by atoms with van der Waals surface area (Å²) in [5.41, 5.74) is 6.60. The van der Waals surface area contributed by atoms with Crippen LogP contribution in [0.3, 0.4) is 0 Å². The highest BCUT2D eigenvalue weighted by Crippen LogP contribution is 2.03. The third-order valence-corrected chi connectivity index (χ3v) is 2.37. The Labute approximate surface area is 114 Å². The van der Waals surface area contributed by atoms with Crippen LogP contribution >= 0.6 is 0 Å². The van der Waals surface area contributed by atoms with Gasteiger partial charge in [-0.15, -0.1) is 0 Å². The van der Waals surface area contributed by atoms with Gasteiger partial charge < -0.3 is 16.4 Å². The van der Waals surface area contributed by atoms with Crippen molar-refractivity contribution < 1.29 is 4.79 Å². The summed E-state index contributed by atoms with van der Waals surface area (Å²) in [5.74, 6) is 0.782. The first-order valence-electron chi connectivity index (χ1n) is 6.46. The summed E-state index contributed by atoms with van der Waals surface area (Å²) >= 11 is 0. The molecule has 0 spiro atoms. The first-order chi connectivity index (χ1) is 9.08. The second-order valence-corrected chi connectivity index (χ2v) is 4.71. The molecule has 1 aromatic rings. The van der Waals surface area contributed by atoms with Crippen LogP contribution in [0, 0.1) is 5.92 Å². The molecule has 0 radical (unpaired) electrons. The van der Waals surface area contributed by atoms with Crippen molar-refractivity contribution in [1.29, 1.82) is 0 Å². The van der Waals surface area contributed by atoms with Gasteiger partial charge in [-0.3, -0.25) is 9.79 Å². The molecule has 0 aliphatic carbocycles. The van der Waals surface area contributed by atoms with Crippen molar-refractivity contribution in [2.24, 2.45) is 16.6 Å². The van der Waals surface area contributed by atoms with Crippen LogP contribution in [-0.2, 0) is 4.79 Å². The van der Waals surface area contributed by atoms with Gasteiger partial charge in [0.05, 0.1) is 6.54 Å². The summed E-state index contributed by atoms with van der Waals surface area (Å²) in [6.45, 7) is 5.19. The van der Waals surface area contributed by atoms with E-state index in [4.69, 9.17) is 5.73 Å². The van der Waals surface area contributed by atoms with Crippen LogP contribution in [0.5, 0.6) is 0 Å². The number of anilines is 1. The molecule has 0 aliphatic heterocycles. The van der Waals surface area contributed by atoms with E-state index in [0.717, 1.165) is 5.69 Å². The van der Waals surface area contributed by atoms with E-state index in [1.807, 2.05) is 30.3 Å². The van der Waals surface area contributed by atoms with E-state index in [9.17, 15) is 4.79 Å². The standard InChI is InChI=1S/C14H22N4O/c1-11(2)10-17-13(19)8-9-16-14(15)18-12-6-4-3-5-7-12/h3-7,11H,8-10H2,1-2H3,(H,17,19)(H3,15,16,18). The average molecular weight is 262 g/mol. The number of carbonyl (C=O) groups excluding carboxylic acids is 1. The highest BCUT2D eigenvalue weighted by Gasteiger charge is 2.01. The van der Waals surface area contributed by atoms with Crippen LogP contribution < -0.4 is 16.4 Å². The lowest BCUT2D eigenvalue weighted by molar-refractivity contribution is -0.121. The number of hydrogen-bond donors (Lipinski definition) is 3. The summed E-state index contributed by atoms with van der Waals surface area (Å²) in [6.07, 6.45) is 0.351. The first-order valence-corrected chi connectivity index (χ1v) is 6.46. The molecule has 104 valence electrons. The zero-order chi connectivity index (χ0) is 14.1. The third kappa shape index (κ3) is 7.08. The van der Waals surface area contributed by atoms with Crippen molar-refractivity contribution in [3.63, 3.8) is 0 Å². The Bertz CT molecular complexity index is 415. The second kappa shape index (κ2) is 8.13. The van der Waals surface area contributed by atoms with Crippen LogP contribution in [0.25, 0.3) is 0 Å². The monoisotopic (exact) mass is 262 g/mol. The van der Waals surface area contributed by atoms with Gasteiger partial charge in [0, 0.05) is 18.7 Å². The van der Waals surface area contributed by atoms with Crippen molar-refractivity contribution in [1.82, 2.24) is 5.32 Å². The molecule has 1 amide bonds. The Kier molecular flexibility index (Phi) is 6.43. The largest absolute Gasteiger partial charge is 0.370 e. The van der Waals surface area contributed by atoms with E-state index in [-0.39, 0.29) is 5.91 Å². The highest BCUT2D eigenvalue weighted by atomic mass is 16.1. The molecule has 0 unspecified atom stereocenters. The number of nitrogens with zero attached hydrogens (tertiary/aromatic N) is 1. The maximum absolute atomic E-state index is 11.4. The number of amides is 1. The summed E-state index contributed by atoms with van der Waals surface area (Å²) in [4.78, 5) is 15.6. The number of carbonyl (C=O) groups is 1. The van der Waals surface area contributed by atoms with E-state index >= 15 is 0 Å². The molecular formula is C14H22N4O. The van der Waals surface area contributed by atoms with Crippen LogP contribution in [0.2, 0.25) is 0 Å². The minimum Gasteiger partial charge on any atom is -0.370 e. The lowest BCUT2D eigenvalue weighted by atomic mass is 10.2. The van der Waals surface area contributed by atoms with Crippen LogP contribution in [-0.4, -0.2) is 25.0 Å². The molecule has 0 bridgehead atoms. The molecule has 0 saturated heterocycles. The summed E-state index contributed by atoms with van der Waals surface area (Å²) in [5, 5.41) is 5.80. The summed E-state index contributed by atoms with van der Waals surface area (Å²) < 4.78 is 0. The van der Waals surface area contributed by atoms with Crippen molar-refractivity contribution in [2.45, 2.75) is 20.3 Å². The molecule has 0 saturated carbocycles. The molecule has 4 N–H and O–H groups in total. The molecule has 19 heavy (non-hydrogen) atoms. The van der Waals surface area contributed by atoms with Gasteiger partial charge in [-0.05, 0) is 18.1 Å². The molecule has 5 heteroatoms. The molecule has 0 heterocycles. The number of para-hydroxylation sites is 1. The molecule has 0 fully saturated rings. The van der Waals surface area contributed by atoms with Gasteiger partial charge >= 0.3 is 0 Å². The van der Waals surface area contributed by atoms with Crippen molar-refractivity contribution >= 4 is 17.6 Å². The number of nitrogens with two attached hydrogens (primary N) is 1. The zero-order valence-corrected chi connectivity index (χ0v) is 11.5. The van der Waals surface area contributed by atoms with Crippen LogP contribution in [0.1, 0.15) is 20.3 Å². The number of guanidine groups is 1. The van der Waals surface area contributed by atoms with E-state index < -0.39 is 0 Å². The van der Waals surface area contributed by atoms with Gasteiger partial charge in [-0.2, -0.15) is 0 Å². The highest BCUT2D eigenvalue weighted by molar-refractivity contribution is 5.92. The lowest BCUT2D eigenvalue weighted by Gasteiger charge is -2.07. The van der Waals surface area contributed by atoms with Crippen LogP contribution in [0.15, 0.2) is 35.3 Å². The number of hydrogen-bond acceptors (Lipinski definition) is 2. The van der Waals surface area contributed by atoms with Gasteiger partial charge in [0.15, 0.2) is 5.96 Å². The van der Waals surface area contributed by atoms with Crippen molar-refractivity contribution in [3.8, 4) is 0 Å². The van der Waals surface area contributed by atoms with Crippen molar-refractivity contribution in [2.75, 3.05) is 18.4 Å². The van der Waals surface area contributed by atoms with Gasteiger partial charge in [0.2, 0.25) is 5.91 Å². The molecule has 5 nitrogen and oxygen atoms in total. The Morgan fingerprint density at radius 2 is 2.00 bits per heavy atom. The predicted octanol–water partition coefficient (Wildman–Crippen LogP) is 1.58. The van der Waals surface area contributed by atoms with Gasteiger partial charge in [-0.1, -0.05) is 32.0 Å². The predicted molar refractivity (Wildman–Crippen MR) is 79.0 cm³/mol. The molecule has 1 aromatic carbocycles. The minimum atomic E-state index is 0.00459. The molecular weight excluding hydrogens is 240 g/mol. The molecule has 0 aliphatic rings. The SMILES string of the molecule is CC(C)CNC(=O)CCN=C(N)Nc1ccccc1. The molecule has 0 aromatic heterocycles.